The Bertz CT molecular complexity index is 1030. The van der Waals surface area contributed by atoms with Gasteiger partial charge in [0.05, 0.1) is 25.9 Å². The van der Waals surface area contributed by atoms with Crippen molar-refractivity contribution in [3.8, 4) is 5.75 Å². The quantitative estimate of drug-likeness (QED) is 0.573. The second-order valence-electron chi connectivity index (χ2n) is 8.29. The smallest absolute Gasteiger partial charge is 0.179 e. The van der Waals surface area contributed by atoms with Gasteiger partial charge in [0.25, 0.3) is 0 Å². The Kier molecular flexibility index (Phi) is 5.93. The summed E-state index contributed by atoms with van der Waals surface area (Å²) in [5.41, 5.74) is 4.07. The molecule has 158 valence electrons. The molecule has 1 aromatic heterocycles. The topological polar surface area (TPSA) is 43.7 Å². The Balaban J connectivity index is 1.72. The average Bonchev–Trinajstić information content (AvgIpc) is 2.98. The van der Waals surface area contributed by atoms with Crippen molar-refractivity contribution in [2.24, 2.45) is 0 Å². The molecule has 1 aliphatic rings. The van der Waals surface area contributed by atoms with Gasteiger partial charge >= 0.3 is 0 Å². The summed E-state index contributed by atoms with van der Waals surface area (Å²) >= 11 is 0. The van der Waals surface area contributed by atoms with Crippen LogP contribution in [0.5, 0.6) is 5.75 Å². The van der Waals surface area contributed by atoms with Crippen LogP contribution in [-0.2, 0) is 11.3 Å². The minimum atomic E-state index is 0.141. The van der Waals surface area contributed by atoms with Gasteiger partial charge in [0.1, 0.15) is 5.75 Å². The van der Waals surface area contributed by atoms with Crippen LogP contribution in [0, 0.1) is 6.92 Å². The molecule has 2 heterocycles. The first kappa shape index (κ1) is 20.6. The van der Waals surface area contributed by atoms with Gasteiger partial charge in [-0.2, -0.15) is 0 Å². The van der Waals surface area contributed by atoms with Gasteiger partial charge in [0, 0.05) is 41.8 Å². The summed E-state index contributed by atoms with van der Waals surface area (Å²) < 4.78 is 13.5. The van der Waals surface area contributed by atoms with E-state index in [1.54, 1.807) is 7.11 Å². The van der Waals surface area contributed by atoms with E-state index in [-0.39, 0.29) is 18.0 Å². The number of carbonyl (C=O) groups excluding carboxylic acids is 1. The lowest BCUT2D eigenvalue weighted by atomic mass is 10.1. The molecule has 0 spiro atoms. The third kappa shape index (κ3) is 4.13. The molecule has 2 unspecified atom stereocenters. The molecule has 5 heteroatoms. The summed E-state index contributed by atoms with van der Waals surface area (Å²) in [6.07, 6.45) is 0.282. The second-order valence-corrected chi connectivity index (χ2v) is 8.29. The first-order valence-corrected chi connectivity index (χ1v) is 10.6. The molecule has 0 radical (unpaired) electrons. The van der Waals surface area contributed by atoms with Crippen LogP contribution in [0.4, 0.5) is 0 Å². The lowest BCUT2D eigenvalue weighted by Crippen LogP contribution is -2.47. The number of hydrogen-bond donors (Lipinski definition) is 0. The summed E-state index contributed by atoms with van der Waals surface area (Å²) in [7, 11) is 1.66. The highest BCUT2D eigenvalue weighted by atomic mass is 16.5. The van der Waals surface area contributed by atoms with Gasteiger partial charge in [-0.1, -0.05) is 30.3 Å². The number of Topliss-reactive ketones (excluding diaryl/α,β-unsaturated/α-hetero) is 1. The van der Waals surface area contributed by atoms with E-state index in [1.165, 1.54) is 5.56 Å². The molecule has 5 nitrogen and oxygen atoms in total. The fraction of sp³-hybridized carbons (Fsp3) is 0.400. The van der Waals surface area contributed by atoms with Gasteiger partial charge in [-0.15, -0.1) is 0 Å². The standard InChI is InChI=1S/C25H30N2O3/c1-17-13-26(14-18(2)30-17)16-24(28)25-19(3)27(15-20-8-6-5-7-9-20)23-11-10-21(29-4)12-22(23)25/h5-12,17-18H,13-16H2,1-4H3. The number of morpholine rings is 1. The average molecular weight is 407 g/mol. The molecule has 2 aromatic carbocycles. The van der Waals surface area contributed by atoms with Crippen molar-refractivity contribution in [1.82, 2.24) is 9.47 Å². The normalized spacial score (nSPS) is 19.9. The van der Waals surface area contributed by atoms with Gasteiger partial charge in [-0.3, -0.25) is 9.69 Å². The SMILES string of the molecule is COc1ccc2c(c1)c(C(=O)CN1CC(C)OC(C)C1)c(C)n2Cc1ccccc1. The fourth-order valence-corrected chi connectivity index (χ4v) is 4.61. The molecule has 1 fully saturated rings. The highest BCUT2D eigenvalue weighted by Crippen LogP contribution is 2.31. The molecule has 0 N–H and O–H groups in total. The Morgan fingerprint density at radius 1 is 1.10 bits per heavy atom. The second kappa shape index (κ2) is 8.62. The third-order valence-corrected chi connectivity index (χ3v) is 5.86. The number of ketones is 1. The maximum Gasteiger partial charge on any atom is 0.179 e. The number of ether oxygens (including phenoxy) is 2. The van der Waals surface area contributed by atoms with E-state index in [1.807, 2.05) is 37.3 Å². The highest BCUT2D eigenvalue weighted by molar-refractivity contribution is 6.10. The molecule has 30 heavy (non-hydrogen) atoms. The van der Waals surface area contributed by atoms with E-state index >= 15 is 0 Å². The van der Waals surface area contributed by atoms with E-state index in [0.29, 0.717) is 6.54 Å². The summed E-state index contributed by atoms with van der Waals surface area (Å²) in [6, 6.07) is 16.4. The molecule has 1 saturated heterocycles. The molecule has 4 rings (SSSR count). The van der Waals surface area contributed by atoms with Crippen LogP contribution in [0.15, 0.2) is 48.5 Å². The Labute approximate surface area is 178 Å². The van der Waals surface area contributed by atoms with E-state index in [2.05, 4.69) is 41.5 Å². The summed E-state index contributed by atoms with van der Waals surface area (Å²) in [6.45, 7) is 8.87. The largest absolute Gasteiger partial charge is 0.497 e. The molecule has 1 aliphatic heterocycles. The van der Waals surface area contributed by atoms with Crippen molar-refractivity contribution in [2.45, 2.75) is 39.5 Å². The van der Waals surface area contributed by atoms with Crippen LogP contribution < -0.4 is 4.74 Å². The number of rotatable bonds is 6. The fourth-order valence-electron chi connectivity index (χ4n) is 4.61. The summed E-state index contributed by atoms with van der Waals surface area (Å²) in [5.74, 6) is 0.917. The number of fused-ring (bicyclic) bond motifs is 1. The number of benzene rings is 2. The van der Waals surface area contributed by atoms with Crippen LogP contribution in [0.2, 0.25) is 0 Å². The van der Waals surface area contributed by atoms with Gasteiger partial charge in [0.15, 0.2) is 5.78 Å². The van der Waals surface area contributed by atoms with Gasteiger partial charge in [-0.05, 0) is 44.5 Å². The zero-order valence-corrected chi connectivity index (χ0v) is 18.2. The minimum absolute atomic E-state index is 0.141. The molecule has 0 bridgehead atoms. The van der Waals surface area contributed by atoms with E-state index in [0.717, 1.165) is 47.5 Å². The maximum absolute atomic E-state index is 13.5. The summed E-state index contributed by atoms with van der Waals surface area (Å²) in [5, 5.41) is 0.960. The van der Waals surface area contributed by atoms with Crippen LogP contribution in [-0.4, -0.2) is 54.2 Å². The van der Waals surface area contributed by atoms with Crippen molar-refractivity contribution >= 4 is 16.7 Å². The zero-order valence-electron chi connectivity index (χ0n) is 18.2. The van der Waals surface area contributed by atoms with Crippen LogP contribution in [0.25, 0.3) is 10.9 Å². The zero-order chi connectivity index (χ0) is 21.3. The monoisotopic (exact) mass is 406 g/mol. The minimum Gasteiger partial charge on any atom is -0.497 e. The molecule has 3 aromatic rings. The molecular weight excluding hydrogens is 376 g/mol. The predicted molar refractivity (Wildman–Crippen MR) is 120 cm³/mol. The first-order chi connectivity index (χ1) is 14.5. The molecule has 0 aliphatic carbocycles. The molecule has 0 saturated carbocycles. The van der Waals surface area contributed by atoms with Crippen molar-refractivity contribution in [1.29, 1.82) is 0 Å². The van der Waals surface area contributed by atoms with Crippen molar-refractivity contribution in [3.05, 3.63) is 65.4 Å². The van der Waals surface area contributed by atoms with E-state index in [4.69, 9.17) is 9.47 Å². The number of aromatic nitrogens is 1. The number of hydrogen-bond acceptors (Lipinski definition) is 4. The predicted octanol–water partition coefficient (Wildman–Crippen LogP) is 4.30. The Morgan fingerprint density at radius 3 is 2.47 bits per heavy atom. The van der Waals surface area contributed by atoms with Gasteiger partial charge < -0.3 is 14.0 Å². The van der Waals surface area contributed by atoms with Crippen molar-refractivity contribution < 1.29 is 14.3 Å². The molecule has 2 atom stereocenters. The van der Waals surface area contributed by atoms with Gasteiger partial charge in [0.2, 0.25) is 0 Å². The van der Waals surface area contributed by atoms with Crippen LogP contribution in [0.3, 0.4) is 0 Å². The molecular formula is C25H30N2O3. The Morgan fingerprint density at radius 2 is 1.80 bits per heavy atom. The number of methoxy groups -OCH3 is 1. The first-order valence-electron chi connectivity index (χ1n) is 10.6. The number of nitrogens with zero attached hydrogens (tertiary/aromatic N) is 2. The van der Waals surface area contributed by atoms with Crippen molar-refractivity contribution in [2.75, 3.05) is 26.7 Å². The lowest BCUT2D eigenvalue weighted by molar-refractivity contribution is -0.0652. The highest BCUT2D eigenvalue weighted by Gasteiger charge is 2.27. The van der Waals surface area contributed by atoms with E-state index < -0.39 is 0 Å². The molecule has 0 amide bonds. The lowest BCUT2D eigenvalue weighted by Gasteiger charge is -2.34. The van der Waals surface area contributed by atoms with Crippen molar-refractivity contribution in [3.63, 3.8) is 0 Å². The van der Waals surface area contributed by atoms with E-state index in [9.17, 15) is 4.79 Å². The maximum atomic E-state index is 13.5. The number of carbonyl (C=O) groups is 1. The summed E-state index contributed by atoms with van der Waals surface area (Å²) in [4.78, 5) is 15.7. The third-order valence-electron chi connectivity index (χ3n) is 5.86. The van der Waals surface area contributed by atoms with Gasteiger partial charge in [-0.25, -0.2) is 0 Å². The van der Waals surface area contributed by atoms with Crippen LogP contribution >= 0.6 is 0 Å². The van der Waals surface area contributed by atoms with Crippen LogP contribution in [0.1, 0.15) is 35.5 Å². The Hall–Kier alpha value is -2.63.